The summed E-state index contributed by atoms with van der Waals surface area (Å²) in [6.07, 6.45) is 2.11. The summed E-state index contributed by atoms with van der Waals surface area (Å²) in [5.74, 6) is 0.141. The van der Waals surface area contributed by atoms with Crippen LogP contribution in [0, 0.1) is 0 Å². The highest BCUT2D eigenvalue weighted by molar-refractivity contribution is 5.98. The number of nitrogens with zero attached hydrogens (tertiary/aromatic N) is 1. The molecule has 1 aliphatic heterocycles. The zero-order chi connectivity index (χ0) is 15.6. The normalized spacial score (nSPS) is 17.6. The maximum Gasteiger partial charge on any atom is 0.254 e. The maximum atomic E-state index is 13.0. The van der Waals surface area contributed by atoms with Crippen LogP contribution in [0.4, 0.5) is 0 Å². The molecule has 3 aromatic carbocycles. The summed E-state index contributed by atoms with van der Waals surface area (Å²) in [5, 5.41) is 2.29. The predicted molar refractivity (Wildman–Crippen MR) is 93.4 cm³/mol. The van der Waals surface area contributed by atoms with Gasteiger partial charge in [-0.2, -0.15) is 0 Å². The lowest BCUT2D eigenvalue weighted by Gasteiger charge is -2.25. The van der Waals surface area contributed by atoms with E-state index in [0.717, 1.165) is 30.3 Å². The first-order valence-corrected chi connectivity index (χ1v) is 8.18. The van der Waals surface area contributed by atoms with E-state index in [0.29, 0.717) is 0 Å². The highest BCUT2D eigenvalue weighted by Crippen LogP contribution is 2.33. The van der Waals surface area contributed by atoms with Crippen LogP contribution < -0.4 is 0 Å². The van der Waals surface area contributed by atoms with E-state index in [1.807, 2.05) is 53.4 Å². The van der Waals surface area contributed by atoms with Gasteiger partial charge < -0.3 is 4.90 Å². The Labute approximate surface area is 136 Å². The Morgan fingerprint density at radius 3 is 2.43 bits per heavy atom. The smallest absolute Gasteiger partial charge is 0.254 e. The SMILES string of the molecule is O=C(c1ccc2ccccc2c1)N1CCCC1c1ccccc1. The highest BCUT2D eigenvalue weighted by atomic mass is 16.2. The number of likely N-dealkylation sites (tertiary alicyclic amines) is 1. The van der Waals surface area contributed by atoms with E-state index in [1.165, 1.54) is 10.9 Å². The van der Waals surface area contributed by atoms with Crippen LogP contribution in [0.5, 0.6) is 0 Å². The molecule has 1 fully saturated rings. The van der Waals surface area contributed by atoms with Crippen molar-refractivity contribution in [2.24, 2.45) is 0 Å². The molecule has 0 aliphatic carbocycles. The average Bonchev–Trinajstić information content (AvgIpc) is 3.11. The van der Waals surface area contributed by atoms with Crippen molar-refractivity contribution in [1.29, 1.82) is 0 Å². The Kier molecular flexibility index (Phi) is 3.58. The number of carbonyl (C=O) groups is 1. The minimum absolute atomic E-state index is 0.141. The van der Waals surface area contributed by atoms with Crippen molar-refractivity contribution in [2.45, 2.75) is 18.9 Å². The zero-order valence-electron chi connectivity index (χ0n) is 13.0. The molecule has 0 bridgehead atoms. The average molecular weight is 301 g/mol. The summed E-state index contributed by atoms with van der Waals surface area (Å²) >= 11 is 0. The minimum atomic E-state index is 0.141. The number of hydrogen-bond acceptors (Lipinski definition) is 1. The number of benzene rings is 3. The van der Waals surface area contributed by atoms with E-state index in [9.17, 15) is 4.79 Å². The summed E-state index contributed by atoms with van der Waals surface area (Å²) in [7, 11) is 0. The minimum Gasteiger partial charge on any atom is -0.332 e. The Bertz CT molecular complexity index is 841. The van der Waals surface area contributed by atoms with Gasteiger partial charge >= 0.3 is 0 Å². The summed E-state index contributed by atoms with van der Waals surface area (Å²) in [5.41, 5.74) is 2.02. The first-order valence-electron chi connectivity index (χ1n) is 8.18. The molecule has 1 atom stereocenters. The van der Waals surface area contributed by atoms with Gasteiger partial charge in [0.25, 0.3) is 5.91 Å². The number of hydrogen-bond donors (Lipinski definition) is 0. The largest absolute Gasteiger partial charge is 0.332 e. The van der Waals surface area contributed by atoms with Crippen LogP contribution in [-0.2, 0) is 0 Å². The predicted octanol–water partition coefficient (Wildman–Crippen LogP) is 4.82. The molecule has 0 radical (unpaired) electrons. The first-order chi connectivity index (χ1) is 11.3. The highest BCUT2D eigenvalue weighted by Gasteiger charge is 2.30. The molecule has 1 heterocycles. The molecule has 1 amide bonds. The van der Waals surface area contributed by atoms with Crippen molar-refractivity contribution in [3.8, 4) is 0 Å². The molecule has 1 aliphatic rings. The van der Waals surface area contributed by atoms with E-state index in [4.69, 9.17) is 0 Å². The van der Waals surface area contributed by atoms with E-state index >= 15 is 0 Å². The summed E-state index contributed by atoms with van der Waals surface area (Å²) < 4.78 is 0. The molecule has 0 N–H and O–H groups in total. The van der Waals surface area contributed by atoms with Crippen molar-refractivity contribution in [3.05, 3.63) is 83.9 Å². The second kappa shape index (κ2) is 5.88. The summed E-state index contributed by atoms with van der Waals surface area (Å²) in [6.45, 7) is 0.839. The Morgan fingerprint density at radius 2 is 1.61 bits per heavy atom. The van der Waals surface area contributed by atoms with Crippen molar-refractivity contribution in [2.75, 3.05) is 6.54 Å². The quantitative estimate of drug-likeness (QED) is 0.664. The van der Waals surface area contributed by atoms with Gasteiger partial charge in [-0.05, 0) is 41.3 Å². The molecule has 4 rings (SSSR count). The maximum absolute atomic E-state index is 13.0. The molecule has 2 heteroatoms. The van der Waals surface area contributed by atoms with Crippen molar-refractivity contribution < 1.29 is 4.79 Å². The summed E-state index contributed by atoms with van der Waals surface area (Å²) in [4.78, 5) is 15.0. The fourth-order valence-corrected chi connectivity index (χ4v) is 3.52. The van der Waals surface area contributed by atoms with Crippen LogP contribution in [0.2, 0.25) is 0 Å². The van der Waals surface area contributed by atoms with Crippen LogP contribution in [0.1, 0.15) is 34.8 Å². The first kappa shape index (κ1) is 14.0. The molecule has 3 aromatic rings. The lowest BCUT2D eigenvalue weighted by molar-refractivity contribution is 0.0736. The van der Waals surface area contributed by atoms with Crippen LogP contribution >= 0.6 is 0 Å². The van der Waals surface area contributed by atoms with Gasteiger partial charge in [-0.25, -0.2) is 0 Å². The van der Waals surface area contributed by atoms with Crippen LogP contribution in [0.15, 0.2) is 72.8 Å². The molecular weight excluding hydrogens is 282 g/mol. The monoisotopic (exact) mass is 301 g/mol. The van der Waals surface area contributed by atoms with E-state index in [2.05, 4.69) is 24.3 Å². The van der Waals surface area contributed by atoms with Crippen LogP contribution in [0.25, 0.3) is 10.8 Å². The molecule has 0 spiro atoms. The third-order valence-electron chi connectivity index (χ3n) is 4.69. The fourth-order valence-electron chi connectivity index (χ4n) is 3.52. The van der Waals surface area contributed by atoms with Gasteiger partial charge in [0.15, 0.2) is 0 Å². The van der Waals surface area contributed by atoms with Crippen molar-refractivity contribution >= 4 is 16.7 Å². The van der Waals surface area contributed by atoms with Gasteiger partial charge in [0.05, 0.1) is 6.04 Å². The van der Waals surface area contributed by atoms with Crippen molar-refractivity contribution in [3.63, 3.8) is 0 Å². The molecule has 114 valence electrons. The van der Waals surface area contributed by atoms with Gasteiger partial charge in [0, 0.05) is 12.1 Å². The third kappa shape index (κ3) is 2.61. The Hall–Kier alpha value is -2.61. The molecule has 1 unspecified atom stereocenters. The number of amides is 1. The zero-order valence-corrected chi connectivity index (χ0v) is 13.0. The van der Waals surface area contributed by atoms with Gasteiger partial charge in [-0.15, -0.1) is 0 Å². The molecule has 2 nitrogen and oxygen atoms in total. The number of fused-ring (bicyclic) bond motifs is 1. The van der Waals surface area contributed by atoms with Crippen LogP contribution in [-0.4, -0.2) is 17.4 Å². The molecular formula is C21H19NO. The van der Waals surface area contributed by atoms with Gasteiger partial charge in [-0.3, -0.25) is 4.79 Å². The lowest BCUT2D eigenvalue weighted by atomic mass is 10.0. The van der Waals surface area contributed by atoms with E-state index in [-0.39, 0.29) is 11.9 Å². The van der Waals surface area contributed by atoms with Crippen molar-refractivity contribution in [1.82, 2.24) is 4.90 Å². The third-order valence-corrected chi connectivity index (χ3v) is 4.69. The lowest BCUT2D eigenvalue weighted by Crippen LogP contribution is -2.30. The summed E-state index contributed by atoms with van der Waals surface area (Å²) in [6, 6.07) is 24.7. The van der Waals surface area contributed by atoms with Gasteiger partial charge in [-0.1, -0.05) is 60.7 Å². The Balaban J connectivity index is 1.66. The van der Waals surface area contributed by atoms with Gasteiger partial charge in [0.2, 0.25) is 0 Å². The van der Waals surface area contributed by atoms with Crippen LogP contribution in [0.3, 0.4) is 0 Å². The standard InChI is InChI=1S/C21H19NO/c23-21(19-13-12-16-7-4-5-10-18(16)15-19)22-14-6-11-20(22)17-8-2-1-3-9-17/h1-5,7-10,12-13,15,20H,6,11,14H2. The molecule has 23 heavy (non-hydrogen) atoms. The molecule has 0 aromatic heterocycles. The Morgan fingerprint density at radius 1 is 0.870 bits per heavy atom. The number of carbonyl (C=O) groups excluding carboxylic acids is 1. The second-order valence-electron chi connectivity index (χ2n) is 6.13. The fraction of sp³-hybridized carbons (Fsp3) is 0.190. The topological polar surface area (TPSA) is 20.3 Å². The second-order valence-corrected chi connectivity index (χ2v) is 6.13. The van der Waals surface area contributed by atoms with Gasteiger partial charge in [0.1, 0.15) is 0 Å². The van der Waals surface area contributed by atoms with E-state index in [1.54, 1.807) is 0 Å². The molecule has 0 saturated carbocycles. The number of rotatable bonds is 2. The molecule has 1 saturated heterocycles. The van der Waals surface area contributed by atoms with E-state index < -0.39 is 0 Å².